The summed E-state index contributed by atoms with van der Waals surface area (Å²) in [6, 6.07) is 10.0. The van der Waals surface area contributed by atoms with Gasteiger partial charge in [-0.25, -0.2) is 0 Å². The van der Waals surface area contributed by atoms with Gasteiger partial charge >= 0.3 is 0 Å². The van der Waals surface area contributed by atoms with Gasteiger partial charge in [-0.1, -0.05) is 25.5 Å². The van der Waals surface area contributed by atoms with Crippen molar-refractivity contribution in [1.29, 1.82) is 0 Å². The topological polar surface area (TPSA) is 53.1 Å². The summed E-state index contributed by atoms with van der Waals surface area (Å²) in [4.78, 5) is 0. The molecule has 0 fully saturated rings. The lowest BCUT2D eigenvalue weighted by Crippen LogP contribution is -2.13. The molecule has 1 heterocycles. The van der Waals surface area contributed by atoms with Crippen molar-refractivity contribution in [2.45, 2.75) is 32.2 Å². The summed E-state index contributed by atoms with van der Waals surface area (Å²) < 4.78 is 7.44. The van der Waals surface area contributed by atoms with Crippen molar-refractivity contribution in [3.05, 3.63) is 47.8 Å². The normalized spacial score (nSPS) is 12.3. The van der Waals surface area contributed by atoms with Gasteiger partial charge in [0.2, 0.25) is 0 Å². The number of nitrogens with two attached hydrogens (primary N) is 1. The minimum absolute atomic E-state index is 0.0328. The fourth-order valence-corrected chi connectivity index (χ4v) is 2.06. The van der Waals surface area contributed by atoms with Crippen molar-refractivity contribution in [2.75, 3.05) is 6.61 Å². The molecule has 108 valence electrons. The van der Waals surface area contributed by atoms with Crippen LogP contribution in [-0.2, 0) is 13.5 Å². The predicted molar refractivity (Wildman–Crippen MR) is 80.7 cm³/mol. The molecule has 4 heteroatoms. The first-order chi connectivity index (χ1) is 9.69. The van der Waals surface area contributed by atoms with Crippen molar-refractivity contribution in [3.8, 4) is 5.75 Å². The number of aryl methyl sites for hydroxylation is 1. The highest BCUT2D eigenvalue weighted by atomic mass is 16.5. The van der Waals surface area contributed by atoms with Crippen LogP contribution in [0.2, 0.25) is 0 Å². The van der Waals surface area contributed by atoms with Gasteiger partial charge in [0.05, 0.1) is 12.3 Å². The summed E-state index contributed by atoms with van der Waals surface area (Å²) in [6.07, 6.45) is 4.91. The summed E-state index contributed by atoms with van der Waals surface area (Å²) in [5, 5.41) is 4.36. The van der Waals surface area contributed by atoms with Crippen LogP contribution in [0.15, 0.2) is 36.5 Å². The van der Waals surface area contributed by atoms with Gasteiger partial charge in [0.15, 0.2) is 0 Å². The molecule has 1 aromatic carbocycles. The summed E-state index contributed by atoms with van der Waals surface area (Å²) >= 11 is 0. The predicted octanol–water partition coefficient (Wildman–Crippen LogP) is 2.84. The largest absolute Gasteiger partial charge is 0.494 e. The molecule has 0 aliphatic rings. The second kappa shape index (κ2) is 7.10. The Hall–Kier alpha value is -1.81. The first kappa shape index (κ1) is 14.6. The Kier molecular flexibility index (Phi) is 5.18. The molecule has 2 aromatic rings. The van der Waals surface area contributed by atoms with Gasteiger partial charge in [0, 0.05) is 25.7 Å². The lowest BCUT2D eigenvalue weighted by Gasteiger charge is -2.12. The van der Waals surface area contributed by atoms with Gasteiger partial charge in [-0.2, -0.15) is 5.10 Å². The fraction of sp³-hybridized carbons (Fsp3) is 0.438. The lowest BCUT2D eigenvalue weighted by atomic mass is 10.0. The van der Waals surface area contributed by atoms with E-state index in [0.29, 0.717) is 0 Å². The molecule has 0 amide bonds. The average Bonchev–Trinajstić information content (AvgIpc) is 2.85. The van der Waals surface area contributed by atoms with Crippen molar-refractivity contribution < 1.29 is 4.74 Å². The number of rotatable bonds is 7. The number of ether oxygens (including phenoxy) is 1. The molecule has 20 heavy (non-hydrogen) atoms. The molecular weight excluding hydrogens is 250 g/mol. The van der Waals surface area contributed by atoms with Crippen LogP contribution in [0.5, 0.6) is 5.75 Å². The summed E-state index contributed by atoms with van der Waals surface area (Å²) in [7, 11) is 1.91. The molecule has 2 rings (SSSR count). The zero-order valence-electron chi connectivity index (χ0n) is 12.2. The van der Waals surface area contributed by atoms with Crippen LogP contribution >= 0.6 is 0 Å². The highest BCUT2D eigenvalue weighted by Gasteiger charge is 2.09. The highest BCUT2D eigenvalue weighted by molar-refractivity contribution is 5.29. The zero-order chi connectivity index (χ0) is 14.4. The Morgan fingerprint density at radius 2 is 2.00 bits per heavy atom. The van der Waals surface area contributed by atoms with E-state index < -0.39 is 0 Å². The standard InChI is InChI=1S/C16H23N3O/c1-3-4-11-20-15-7-5-13(6-8-15)16(17)12-14-9-10-19(2)18-14/h5-10,16H,3-4,11-12,17H2,1-2H3. The van der Waals surface area contributed by atoms with Crippen LogP contribution in [0.1, 0.15) is 37.1 Å². The van der Waals surface area contributed by atoms with Gasteiger partial charge in [-0.05, 0) is 30.2 Å². The molecule has 0 bridgehead atoms. The van der Waals surface area contributed by atoms with E-state index in [1.165, 1.54) is 0 Å². The molecule has 4 nitrogen and oxygen atoms in total. The van der Waals surface area contributed by atoms with Gasteiger partial charge in [0.25, 0.3) is 0 Å². The van der Waals surface area contributed by atoms with Gasteiger partial charge in [-0.3, -0.25) is 4.68 Å². The molecule has 1 unspecified atom stereocenters. The number of hydrogen-bond acceptors (Lipinski definition) is 3. The fourth-order valence-electron chi connectivity index (χ4n) is 2.06. The molecule has 1 aromatic heterocycles. The van der Waals surface area contributed by atoms with Crippen LogP contribution in [0.3, 0.4) is 0 Å². The maximum absolute atomic E-state index is 6.22. The molecule has 0 aliphatic carbocycles. The molecule has 0 saturated carbocycles. The number of unbranched alkanes of at least 4 members (excludes halogenated alkanes) is 1. The maximum atomic E-state index is 6.22. The Balaban J connectivity index is 1.91. The monoisotopic (exact) mass is 273 g/mol. The lowest BCUT2D eigenvalue weighted by molar-refractivity contribution is 0.309. The van der Waals surface area contributed by atoms with Gasteiger partial charge < -0.3 is 10.5 Å². The van der Waals surface area contributed by atoms with Crippen LogP contribution in [0, 0.1) is 0 Å². The second-order valence-electron chi connectivity index (χ2n) is 5.06. The third-order valence-electron chi connectivity index (χ3n) is 3.27. The van der Waals surface area contributed by atoms with Crippen LogP contribution in [0.4, 0.5) is 0 Å². The first-order valence-corrected chi connectivity index (χ1v) is 7.16. The van der Waals surface area contributed by atoms with E-state index in [1.807, 2.05) is 43.6 Å². The van der Waals surface area contributed by atoms with E-state index in [-0.39, 0.29) is 6.04 Å². The third kappa shape index (κ3) is 4.10. The van der Waals surface area contributed by atoms with Crippen molar-refractivity contribution in [2.24, 2.45) is 12.8 Å². The molecule has 0 aliphatic heterocycles. The second-order valence-corrected chi connectivity index (χ2v) is 5.06. The van der Waals surface area contributed by atoms with Crippen molar-refractivity contribution in [1.82, 2.24) is 9.78 Å². The maximum Gasteiger partial charge on any atom is 0.119 e. The van der Waals surface area contributed by atoms with Gasteiger partial charge in [-0.15, -0.1) is 0 Å². The molecule has 0 saturated heterocycles. The molecule has 0 radical (unpaired) electrons. The Labute approximate surface area is 120 Å². The molecule has 1 atom stereocenters. The van der Waals surface area contributed by atoms with Crippen molar-refractivity contribution in [3.63, 3.8) is 0 Å². The van der Waals surface area contributed by atoms with E-state index >= 15 is 0 Å². The van der Waals surface area contributed by atoms with E-state index in [1.54, 1.807) is 4.68 Å². The first-order valence-electron chi connectivity index (χ1n) is 7.16. The Morgan fingerprint density at radius 1 is 1.25 bits per heavy atom. The van der Waals surface area contributed by atoms with Crippen LogP contribution in [-0.4, -0.2) is 16.4 Å². The number of hydrogen-bond donors (Lipinski definition) is 1. The zero-order valence-corrected chi connectivity index (χ0v) is 12.2. The van der Waals surface area contributed by atoms with E-state index in [9.17, 15) is 0 Å². The summed E-state index contributed by atoms with van der Waals surface area (Å²) in [6.45, 7) is 2.93. The molecule has 0 spiro atoms. The van der Waals surface area contributed by atoms with E-state index in [4.69, 9.17) is 10.5 Å². The van der Waals surface area contributed by atoms with Crippen molar-refractivity contribution >= 4 is 0 Å². The average molecular weight is 273 g/mol. The van der Waals surface area contributed by atoms with E-state index in [2.05, 4.69) is 12.0 Å². The van der Waals surface area contributed by atoms with E-state index in [0.717, 1.165) is 42.9 Å². The number of aromatic nitrogens is 2. The number of benzene rings is 1. The highest BCUT2D eigenvalue weighted by Crippen LogP contribution is 2.19. The number of nitrogens with zero attached hydrogens (tertiary/aromatic N) is 2. The SMILES string of the molecule is CCCCOc1ccc(C(N)Cc2ccn(C)n2)cc1. The Morgan fingerprint density at radius 3 is 2.60 bits per heavy atom. The summed E-state index contributed by atoms with van der Waals surface area (Å²) in [5.41, 5.74) is 8.34. The van der Waals surface area contributed by atoms with Crippen LogP contribution in [0.25, 0.3) is 0 Å². The minimum atomic E-state index is -0.0328. The Bertz CT molecular complexity index is 519. The summed E-state index contributed by atoms with van der Waals surface area (Å²) in [5.74, 6) is 0.909. The smallest absolute Gasteiger partial charge is 0.119 e. The van der Waals surface area contributed by atoms with Crippen LogP contribution < -0.4 is 10.5 Å². The molecular formula is C16H23N3O. The van der Waals surface area contributed by atoms with Gasteiger partial charge in [0.1, 0.15) is 5.75 Å². The molecule has 2 N–H and O–H groups in total. The quantitative estimate of drug-likeness (QED) is 0.789. The third-order valence-corrected chi connectivity index (χ3v) is 3.27. The minimum Gasteiger partial charge on any atom is -0.494 e.